The number of furan rings is 1. The van der Waals surface area contributed by atoms with Crippen molar-refractivity contribution in [3.8, 4) is 11.3 Å². The Kier molecular flexibility index (Phi) is 4.33. The van der Waals surface area contributed by atoms with Gasteiger partial charge in [0.15, 0.2) is 11.3 Å². The van der Waals surface area contributed by atoms with Crippen LogP contribution in [-0.4, -0.2) is 5.91 Å². The van der Waals surface area contributed by atoms with Crippen LogP contribution in [0.1, 0.15) is 10.4 Å². The lowest BCUT2D eigenvalue weighted by atomic mass is 10.0. The van der Waals surface area contributed by atoms with Crippen molar-refractivity contribution in [2.45, 2.75) is 0 Å². The Morgan fingerprint density at radius 2 is 1.39 bits per heavy atom. The second kappa shape index (κ2) is 7.50. The van der Waals surface area contributed by atoms with Crippen LogP contribution < -0.4 is 10.9 Å². The molecule has 0 bridgehead atoms. The van der Waals surface area contributed by atoms with Gasteiger partial charge < -0.3 is 14.2 Å². The van der Waals surface area contributed by atoms with Crippen LogP contribution in [0, 0.1) is 0 Å². The second-order valence-corrected chi connectivity index (χ2v) is 7.74. The van der Waals surface area contributed by atoms with E-state index < -0.39 is 5.63 Å². The molecule has 158 valence electrons. The molecule has 2 aromatic heterocycles. The number of carbonyl (C=O) groups excluding carboxylic acids is 1. The first-order valence-electron chi connectivity index (χ1n) is 10.5. The molecule has 0 fully saturated rings. The Bertz CT molecular complexity index is 1720. The fraction of sp³-hybridized carbons (Fsp3) is 0. The van der Waals surface area contributed by atoms with Gasteiger partial charge in [0.1, 0.15) is 16.7 Å². The molecular formula is C28H17NO4. The largest absolute Gasteiger partial charge is 0.453 e. The van der Waals surface area contributed by atoms with E-state index in [0.29, 0.717) is 33.6 Å². The molecular weight excluding hydrogens is 414 g/mol. The van der Waals surface area contributed by atoms with Crippen LogP contribution >= 0.6 is 0 Å². The third-order valence-electron chi connectivity index (χ3n) is 5.76. The average molecular weight is 431 g/mol. The summed E-state index contributed by atoms with van der Waals surface area (Å²) in [6.07, 6.45) is 0. The van der Waals surface area contributed by atoms with Gasteiger partial charge in [-0.15, -0.1) is 0 Å². The highest BCUT2D eigenvalue weighted by Crippen LogP contribution is 2.41. The van der Waals surface area contributed by atoms with Crippen LogP contribution in [0.3, 0.4) is 0 Å². The lowest BCUT2D eigenvalue weighted by Crippen LogP contribution is -2.13. The number of fused-ring (bicyclic) bond motifs is 4. The molecule has 0 aliphatic heterocycles. The molecule has 4 aromatic carbocycles. The zero-order valence-corrected chi connectivity index (χ0v) is 17.4. The Balaban J connectivity index is 1.68. The average Bonchev–Trinajstić information content (AvgIpc) is 3.24. The van der Waals surface area contributed by atoms with Crippen LogP contribution in [0.5, 0.6) is 0 Å². The van der Waals surface area contributed by atoms with Crippen LogP contribution in [0.4, 0.5) is 5.69 Å². The van der Waals surface area contributed by atoms with Crippen LogP contribution in [0.2, 0.25) is 0 Å². The zero-order valence-electron chi connectivity index (χ0n) is 17.4. The van der Waals surface area contributed by atoms with E-state index in [2.05, 4.69) is 5.32 Å². The predicted octanol–water partition coefficient (Wildman–Crippen LogP) is 6.61. The lowest BCUT2D eigenvalue weighted by Gasteiger charge is -2.08. The molecule has 0 saturated carbocycles. The van der Waals surface area contributed by atoms with Gasteiger partial charge in [-0.3, -0.25) is 4.79 Å². The summed E-state index contributed by atoms with van der Waals surface area (Å²) in [6.45, 7) is 0. The van der Waals surface area contributed by atoms with Crippen molar-refractivity contribution < 1.29 is 13.6 Å². The third-order valence-corrected chi connectivity index (χ3v) is 5.76. The van der Waals surface area contributed by atoms with E-state index in [9.17, 15) is 9.59 Å². The topological polar surface area (TPSA) is 72.5 Å². The molecule has 1 N–H and O–H groups in total. The molecule has 0 atom stereocenters. The summed E-state index contributed by atoms with van der Waals surface area (Å²) in [4.78, 5) is 26.2. The van der Waals surface area contributed by atoms with Gasteiger partial charge in [-0.1, -0.05) is 72.8 Å². The van der Waals surface area contributed by atoms with Crippen LogP contribution in [0.25, 0.3) is 44.0 Å². The molecule has 2 heterocycles. The number of anilines is 1. The number of amides is 1. The molecule has 5 heteroatoms. The number of nitrogens with one attached hydrogen (secondary N) is 1. The minimum atomic E-state index is -0.567. The monoisotopic (exact) mass is 431 g/mol. The van der Waals surface area contributed by atoms with Crippen molar-refractivity contribution >= 4 is 44.3 Å². The molecule has 0 radical (unpaired) electrons. The minimum Gasteiger partial charge on any atom is -0.453 e. The van der Waals surface area contributed by atoms with Crippen molar-refractivity contribution in [1.29, 1.82) is 0 Å². The van der Waals surface area contributed by atoms with Gasteiger partial charge in [-0.05, 0) is 35.0 Å². The number of benzene rings is 4. The normalized spacial score (nSPS) is 11.3. The first kappa shape index (κ1) is 19.1. The summed E-state index contributed by atoms with van der Waals surface area (Å²) in [7, 11) is 0. The fourth-order valence-electron chi connectivity index (χ4n) is 4.22. The second-order valence-electron chi connectivity index (χ2n) is 7.74. The summed E-state index contributed by atoms with van der Waals surface area (Å²) in [5, 5.41) is 5.76. The molecule has 5 nitrogen and oxygen atoms in total. The van der Waals surface area contributed by atoms with Crippen LogP contribution in [-0.2, 0) is 0 Å². The first-order valence-corrected chi connectivity index (χ1v) is 10.5. The maximum Gasteiger partial charge on any atom is 0.349 e. The smallest absolute Gasteiger partial charge is 0.349 e. The van der Waals surface area contributed by atoms with Gasteiger partial charge >= 0.3 is 5.63 Å². The quantitative estimate of drug-likeness (QED) is 0.320. The molecule has 0 aliphatic carbocycles. The van der Waals surface area contributed by atoms with Crippen LogP contribution in [0.15, 0.2) is 111 Å². The van der Waals surface area contributed by atoms with Crippen molar-refractivity contribution in [3.63, 3.8) is 0 Å². The molecule has 1 amide bonds. The zero-order chi connectivity index (χ0) is 22.4. The van der Waals surface area contributed by atoms with E-state index in [-0.39, 0.29) is 11.3 Å². The SMILES string of the molecule is O=C(Nc1c(-c2cccc3ccccc23)oc2c1c(=O)oc1ccccc12)c1ccccc1. The number of rotatable bonds is 3. The summed E-state index contributed by atoms with van der Waals surface area (Å²) in [5.41, 5.74) is 1.79. The first-order chi connectivity index (χ1) is 16.2. The molecule has 0 unspecified atom stereocenters. The number of hydrogen-bond acceptors (Lipinski definition) is 4. The van der Waals surface area contributed by atoms with Gasteiger partial charge in [0, 0.05) is 11.1 Å². The molecule has 0 aliphatic rings. The van der Waals surface area contributed by atoms with E-state index >= 15 is 0 Å². The van der Waals surface area contributed by atoms with E-state index in [0.717, 1.165) is 16.3 Å². The van der Waals surface area contributed by atoms with Gasteiger partial charge in [0.2, 0.25) is 0 Å². The number of carbonyl (C=O) groups is 1. The molecule has 0 spiro atoms. The molecule has 6 rings (SSSR count). The van der Waals surface area contributed by atoms with Gasteiger partial charge in [0.05, 0.1) is 5.39 Å². The molecule has 33 heavy (non-hydrogen) atoms. The highest BCUT2D eigenvalue weighted by atomic mass is 16.4. The summed E-state index contributed by atoms with van der Waals surface area (Å²) in [5.74, 6) is 0.0714. The number of para-hydroxylation sites is 1. The Morgan fingerprint density at radius 1 is 0.697 bits per heavy atom. The Hall–Kier alpha value is -4.64. The Morgan fingerprint density at radius 3 is 2.24 bits per heavy atom. The van der Waals surface area contributed by atoms with Crippen molar-refractivity contribution in [2.24, 2.45) is 0 Å². The van der Waals surface area contributed by atoms with E-state index in [1.807, 2.05) is 60.7 Å². The summed E-state index contributed by atoms with van der Waals surface area (Å²) < 4.78 is 11.9. The fourth-order valence-corrected chi connectivity index (χ4v) is 4.22. The third kappa shape index (κ3) is 3.10. The van der Waals surface area contributed by atoms with Crippen molar-refractivity contribution in [1.82, 2.24) is 0 Å². The predicted molar refractivity (Wildman–Crippen MR) is 130 cm³/mol. The van der Waals surface area contributed by atoms with E-state index in [1.165, 1.54) is 0 Å². The Labute approximate surface area is 187 Å². The maximum atomic E-state index is 13.1. The van der Waals surface area contributed by atoms with E-state index in [1.54, 1.807) is 36.4 Å². The molecule has 6 aromatic rings. The van der Waals surface area contributed by atoms with E-state index in [4.69, 9.17) is 8.83 Å². The van der Waals surface area contributed by atoms with Crippen molar-refractivity contribution in [2.75, 3.05) is 5.32 Å². The minimum absolute atomic E-state index is 0.209. The standard InChI is InChI=1S/C28H17NO4/c30-27(18-10-2-1-3-11-18)29-24-23-25(21-14-6-7-16-22(21)32-28(23)31)33-26(24)20-15-8-12-17-9-4-5-13-19(17)20/h1-16H,(H,29,30). The van der Waals surface area contributed by atoms with Gasteiger partial charge in [-0.2, -0.15) is 0 Å². The van der Waals surface area contributed by atoms with Gasteiger partial charge in [-0.25, -0.2) is 4.79 Å². The summed E-state index contributed by atoms with van der Waals surface area (Å²) >= 11 is 0. The molecule has 0 saturated heterocycles. The summed E-state index contributed by atoms with van der Waals surface area (Å²) in [6, 6.07) is 29.8. The highest BCUT2D eigenvalue weighted by molar-refractivity contribution is 6.16. The van der Waals surface area contributed by atoms with Gasteiger partial charge in [0.25, 0.3) is 5.91 Å². The lowest BCUT2D eigenvalue weighted by molar-refractivity contribution is 0.102. The number of hydrogen-bond donors (Lipinski definition) is 1. The van der Waals surface area contributed by atoms with Crippen molar-refractivity contribution in [3.05, 3.63) is 113 Å². The highest BCUT2D eigenvalue weighted by Gasteiger charge is 2.25. The maximum absolute atomic E-state index is 13.1.